The number of pyridine rings is 1. The van der Waals surface area contributed by atoms with E-state index in [1.807, 2.05) is 12.1 Å². The van der Waals surface area contributed by atoms with Gasteiger partial charge in [-0.1, -0.05) is 23.7 Å². The number of carbonyl (C=O) groups excluding carboxylic acids is 2. The quantitative estimate of drug-likeness (QED) is 0.336. The highest BCUT2D eigenvalue weighted by atomic mass is 35.5. The molecular formula is C25H19ClFN3O4. The van der Waals surface area contributed by atoms with Crippen molar-refractivity contribution in [3.05, 3.63) is 83.6 Å². The summed E-state index contributed by atoms with van der Waals surface area (Å²) in [5, 5.41) is 6.53. The van der Waals surface area contributed by atoms with Gasteiger partial charge in [0.05, 0.1) is 18.3 Å². The average Bonchev–Trinajstić information content (AvgIpc) is 2.84. The third kappa shape index (κ3) is 5.60. The third-order valence-electron chi connectivity index (χ3n) is 4.84. The molecule has 172 valence electrons. The number of halogens is 2. The lowest BCUT2D eigenvalue weighted by atomic mass is 10.1. The predicted octanol–water partition coefficient (Wildman–Crippen LogP) is 5.89. The monoisotopic (exact) mass is 479 g/mol. The highest BCUT2D eigenvalue weighted by Gasteiger charge is 2.13. The first kappa shape index (κ1) is 23.0. The number of nitrogens with one attached hydrogen (secondary N) is 2. The van der Waals surface area contributed by atoms with Crippen LogP contribution in [0.3, 0.4) is 0 Å². The van der Waals surface area contributed by atoms with Gasteiger partial charge >= 0.3 is 12.0 Å². The molecule has 0 radical (unpaired) electrons. The van der Waals surface area contributed by atoms with Crippen LogP contribution in [0, 0.1) is 5.82 Å². The molecule has 0 fully saturated rings. The molecule has 0 spiro atoms. The maximum absolute atomic E-state index is 13.1. The Labute approximate surface area is 199 Å². The third-order valence-corrected chi connectivity index (χ3v) is 5.10. The number of hydrogen-bond donors (Lipinski definition) is 2. The normalized spacial score (nSPS) is 10.6. The highest BCUT2D eigenvalue weighted by molar-refractivity contribution is 6.30. The van der Waals surface area contributed by atoms with E-state index >= 15 is 0 Å². The van der Waals surface area contributed by atoms with E-state index in [4.69, 9.17) is 16.3 Å². The predicted molar refractivity (Wildman–Crippen MR) is 129 cm³/mol. The van der Waals surface area contributed by atoms with Gasteiger partial charge in [0, 0.05) is 33.4 Å². The van der Waals surface area contributed by atoms with Gasteiger partial charge in [-0.25, -0.2) is 19.0 Å². The van der Waals surface area contributed by atoms with Crippen LogP contribution >= 0.6 is 11.6 Å². The Balaban J connectivity index is 1.64. The van der Waals surface area contributed by atoms with Crippen LogP contribution in [0.4, 0.5) is 20.6 Å². The maximum Gasteiger partial charge on any atom is 0.343 e. The van der Waals surface area contributed by atoms with Crippen LogP contribution in [-0.2, 0) is 9.53 Å². The van der Waals surface area contributed by atoms with E-state index in [9.17, 15) is 14.0 Å². The summed E-state index contributed by atoms with van der Waals surface area (Å²) in [7, 11) is 1.28. The number of fused-ring (bicyclic) bond motifs is 1. The number of anilines is 2. The number of methoxy groups -OCH3 is 1. The van der Waals surface area contributed by atoms with Gasteiger partial charge in [-0.05, 0) is 54.6 Å². The number of hydrogen-bond acceptors (Lipinski definition) is 5. The summed E-state index contributed by atoms with van der Waals surface area (Å²) in [6.07, 6.45) is 0. The molecule has 0 aliphatic heterocycles. The molecular weight excluding hydrogens is 461 g/mol. The summed E-state index contributed by atoms with van der Waals surface area (Å²) in [5.74, 6) is -0.542. The number of esters is 1. The van der Waals surface area contributed by atoms with Crippen molar-refractivity contribution in [3.63, 3.8) is 0 Å². The second-order valence-corrected chi connectivity index (χ2v) is 7.63. The van der Waals surface area contributed by atoms with Crippen molar-refractivity contribution in [1.82, 2.24) is 4.98 Å². The molecule has 0 aliphatic rings. The maximum atomic E-state index is 13.1. The molecule has 2 N–H and O–H groups in total. The lowest BCUT2D eigenvalue weighted by molar-refractivity contribution is -0.142. The zero-order valence-electron chi connectivity index (χ0n) is 18.0. The number of aromatic nitrogens is 1. The Kier molecular flexibility index (Phi) is 6.89. The molecule has 0 atom stereocenters. The molecule has 4 rings (SSSR count). The van der Waals surface area contributed by atoms with Crippen LogP contribution in [-0.4, -0.2) is 30.7 Å². The van der Waals surface area contributed by atoms with Crippen molar-refractivity contribution in [3.8, 4) is 17.0 Å². The zero-order chi connectivity index (χ0) is 24.1. The van der Waals surface area contributed by atoms with Gasteiger partial charge < -0.3 is 20.1 Å². The number of carbonyl (C=O) groups is 2. The lowest BCUT2D eigenvalue weighted by Crippen LogP contribution is -2.19. The summed E-state index contributed by atoms with van der Waals surface area (Å²) in [4.78, 5) is 28.7. The Bertz CT molecular complexity index is 1350. The van der Waals surface area contributed by atoms with Crippen LogP contribution in [0.1, 0.15) is 0 Å². The largest absolute Gasteiger partial charge is 0.481 e. The fourth-order valence-electron chi connectivity index (χ4n) is 3.18. The van der Waals surface area contributed by atoms with E-state index < -0.39 is 17.8 Å². The van der Waals surface area contributed by atoms with E-state index in [0.717, 1.165) is 5.56 Å². The highest BCUT2D eigenvalue weighted by Crippen LogP contribution is 2.32. The molecule has 9 heteroatoms. The Morgan fingerprint density at radius 2 is 1.62 bits per heavy atom. The second kappa shape index (κ2) is 10.2. The zero-order valence-corrected chi connectivity index (χ0v) is 18.7. The van der Waals surface area contributed by atoms with Crippen molar-refractivity contribution in [1.29, 1.82) is 0 Å². The van der Waals surface area contributed by atoms with E-state index in [1.165, 1.54) is 31.4 Å². The fourth-order valence-corrected chi connectivity index (χ4v) is 3.31. The molecule has 1 heterocycles. The van der Waals surface area contributed by atoms with Crippen molar-refractivity contribution in [2.24, 2.45) is 0 Å². The van der Waals surface area contributed by atoms with Gasteiger partial charge in [0.15, 0.2) is 6.61 Å². The van der Waals surface area contributed by atoms with Crippen LogP contribution in [0.5, 0.6) is 5.75 Å². The molecule has 7 nitrogen and oxygen atoms in total. The molecule has 3 aromatic carbocycles. The summed E-state index contributed by atoms with van der Waals surface area (Å²) >= 11 is 5.99. The minimum absolute atomic E-state index is 0.293. The number of ether oxygens (including phenoxy) is 2. The van der Waals surface area contributed by atoms with Crippen molar-refractivity contribution in [2.45, 2.75) is 0 Å². The van der Waals surface area contributed by atoms with Crippen LogP contribution in [0.2, 0.25) is 5.02 Å². The number of benzene rings is 3. The van der Waals surface area contributed by atoms with Gasteiger partial charge in [0.25, 0.3) is 0 Å². The van der Waals surface area contributed by atoms with Crippen molar-refractivity contribution >= 4 is 45.9 Å². The molecule has 34 heavy (non-hydrogen) atoms. The van der Waals surface area contributed by atoms with Gasteiger partial charge in [0.1, 0.15) is 11.6 Å². The van der Waals surface area contributed by atoms with Gasteiger partial charge in [-0.15, -0.1) is 0 Å². The molecule has 4 aromatic rings. The SMILES string of the molecule is COC(=O)COc1cc(-c2ccc(Cl)cc2)nc2ccc(NC(=O)Nc3ccc(F)cc3)cc12. The summed E-state index contributed by atoms with van der Waals surface area (Å²) < 4.78 is 23.5. The molecule has 0 bridgehead atoms. The van der Waals surface area contributed by atoms with E-state index in [1.54, 1.807) is 36.4 Å². The summed E-state index contributed by atoms with van der Waals surface area (Å²) in [6, 6.07) is 18.9. The van der Waals surface area contributed by atoms with Gasteiger partial charge in [-0.2, -0.15) is 0 Å². The fraction of sp³-hybridized carbons (Fsp3) is 0.0800. The van der Waals surface area contributed by atoms with Gasteiger partial charge in [0.2, 0.25) is 0 Å². The Morgan fingerprint density at radius 1 is 0.941 bits per heavy atom. The minimum atomic E-state index is -0.536. The Morgan fingerprint density at radius 3 is 2.32 bits per heavy atom. The molecule has 0 saturated heterocycles. The van der Waals surface area contributed by atoms with E-state index in [2.05, 4.69) is 20.4 Å². The number of amides is 2. The number of rotatable bonds is 6. The molecule has 0 unspecified atom stereocenters. The standard InChI is InChI=1S/C25H19ClFN3O4/c1-33-24(31)14-34-23-13-22(15-2-4-16(26)5-3-15)30-21-11-10-19(12-20(21)23)29-25(32)28-18-8-6-17(27)7-9-18/h2-13H,14H2,1H3,(H2,28,29,32). The Hall–Kier alpha value is -4.17. The average molecular weight is 480 g/mol. The van der Waals surface area contributed by atoms with Crippen LogP contribution in [0.15, 0.2) is 72.8 Å². The van der Waals surface area contributed by atoms with Gasteiger partial charge in [-0.3, -0.25) is 0 Å². The summed E-state index contributed by atoms with van der Waals surface area (Å²) in [6.45, 7) is -0.293. The molecule has 1 aromatic heterocycles. The van der Waals surface area contributed by atoms with Crippen molar-refractivity contribution < 1.29 is 23.5 Å². The lowest BCUT2D eigenvalue weighted by Gasteiger charge is -2.13. The second-order valence-electron chi connectivity index (χ2n) is 7.20. The first-order valence-corrected chi connectivity index (χ1v) is 10.5. The summed E-state index contributed by atoms with van der Waals surface area (Å²) in [5.41, 5.74) is 2.94. The van der Waals surface area contributed by atoms with E-state index in [0.29, 0.717) is 38.7 Å². The topological polar surface area (TPSA) is 89.6 Å². The molecule has 0 aliphatic carbocycles. The van der Waals surface area contributed by atoms with Crippen LogP contribution < -0.4 is 15.4 Å². The van der Waals surface area contributed by atoms with Crippen LogP contribution in [0.25, 0.3) is 22.2 Å². The first-order chi connectivity index (χ1) is 16.4. The minimum Gasteiger partial charge on any atom is -0.481 e. The smallest absolute Gasteiger partial charge is 0.343 e. The number of urea groups is 1. The van der Waals surface area contributed by atoms with E-state index in [-0.39, 0.29) is 6.61 Å². The molecule has 0 saturated carbocycles. The van der Waals surface area contributed by atoms with Crippen molar-refractivity contribution in [2.75, 3.05) is 24.4 Å². The first-order valence-electron chi connectivity index (χ1n) is 10.2. The number of nitrogens with zero attached hydrogens (tertiary/aromatic N) is 1. The molecule has 2 amide bonds.